The molecule has 1 saturated heterocycles. The van der Waals surface area contributed by atoms with E-state index in [0.29, 0.717) is 45.2 Å². The topological polar surface area (TPSA) is 215 Å². The number of aliphatic carboxylic acids is 2. The average Bonchev–Trinajstić information content (AvgIpc) is 3.04. The third-order valence-electron chi connectivity index (χ3n) is 5.70. The lowest BCUT2D eigenvalue weighted by Crippen LogP contribution is -2.96. The van der Waals surface area contributed by atoms with Gasteiger partial charge in [0.15, 0.2) is 17.9 Å². The molecule has 0 aromatic heterocycles. The molecule has 0 aromatic rings. The van der Waals surface area contributed by atoms with E-state index in [2.05, 4.69) is 16.8 Å². The first-order valence-electron chi connectivity index (χ1n) is 10.6. The number of nitrogens with zero attached hydrogens (tertiary/aromatic N) is 2. The summed E-state index contributed by atoms with van der Waals surface area (Å²) in [7, 11) is 0. The molecule has 1 fully saturated rings. The van der Waals surface area contributed by atoms with Crippen molar-refractivity contribution in [3.8, 4) is 0 Å². The number of carboxylic acids is 2. The van der Waals surface area contributed by atoms with Crippen LogP contribution in [-0.4, -0.2) is 99.4 Å². The summed E-state index contributed by atoms with van der Waals surface area (Å²) in [6, 6.07) is -1.32. The highest BCUT2D eigenvalue weighted by Gasteiger charge is 2.41. The smallest absolute Gasteiger partial charge is 0.362 e. The number of nitrogens with two attached hydrogens (primary N) is 1. The number of carboxylic acid groups (broad SMARTS) is 2. The minimum atomic E-state index is -0.902. The first-order chi connectivity index (χ1) is 14.2. The summed E-state index contributed by atoms with van der Waals surface area (Å²) >= 11 is 0. The molecule has 0 radical (unpaired) electrons. The average molecular weight is 434 g/mol. The highest BCUT2D eigenvalue weighted by atomic mass is 16.4. The summed E-state index contributed by atoms with van der Waals surface area (Å²) in [4.78, 5) is 28.4. The van der Waals surface area contributed by atoms with Crippen molar-refractivity contribution in [3.63, 3.8) is 0 Å². The second kappa shape index (κ2) is 11.5. The van der Waals surface area contributed by atoms with E-state index in [9.17, 15) is 19.8 Å². The Kier molecular flexibility index (Phi) is 9.39. The van der Waals surface area contributed by atoms with Crippen molar-refractivity contribution < 1.29 is 46.8 Å². The van der Waals surface area contributed by atoms with Gasteiger partial charge < -0.3 is 42.1 Å². The summed E-state index contributed by atoms with van der Waals surface area (Å²) in [5.74, 6) is -0.977. The van der Waals surface area contributed by atoms with Crippen molar-refractivity contribution in [1.29, 1.82) is 0 Å². The van der Waals surface area contributed by atoms with Crippen LogP contribution in [0.1, 0.15) is 38.5 Å². The van der Waals surface area contributed by atoms with Crippen molar-refractivity contribution in [2.45, 2.75) is 75.1 Å². The lowest BCUT2D eigenvalue weighted by atomic mass is 10.1. The number of aliphatic imine (C=N–C) groups is 1. The first-order valence-corrected chi connectivity index (χ1v) is 10.6. The Morgan fingerprint density at radius 3 is 2.37 bits per heavy atom. The van der Waals surface area contributed by atoms with E-state index in [0.717, 1.165) is 12.3 Å². The van der Waals surface area contributed by atoms with Crippen LogP contribution in [0, 0.1) is 0 Å². The fourth-order valence-electron chi connectivity index (χ4n) is 3.80. The van der Waals surface area contributed by atoms with Crippen molar-refractivity contribution >= 4 is 17.8 Å². The monoisotopic (exact) mass is 433 g/mol. The van der Waals surface area contributed by atoms with Gasteiger partial charge in [0, 0.05) is 38.9 Å². The number of rotatable bonds is 12. The molecule has 172 valence electrons. The number of aliphatic hydroxyl groups excluding tert-OH is 2. The van der Waals surface area contributed by atoms with E-state index in [4.69, 9.17) is 15.2 Å². The van der Waals surface area contributed by atoms with Crippen LogP contribution in [-0.2, 0) is 9.59 Å². The van der Waals surface area contributed by atoms with Gasteiger partial charge in [-0.2, -0.15) is 4.99 Å². The van der Waals surface area contributed by atoms with Gasteiger partial charge in [0.1, 0.15) is 6.04 Å². The number of quaternary nitrogens is 3. The molecule has 30 heavy (non-hydrogen) atoms. The van der Waals surface area contributed by atoms with Gasteiger partial charge in [0.05, 0.1) is 12.2 Å². The fraction of sp³-hybridized carbons (Fsp3) is 0.833. The molecule has 0 aromatic carbocycles. The minimum Gasteiger partial charge on any atom is -0.477 e. The van der Waals surface area contributed by atoms with E-state index in [1.165, 1.54) is 0 Å². The number of fused-ring (bicyclic) bond motifs is 1. The molecule has 0 aliphatic carbocycles. The summed E-state index contributed by atoms with van der Waals surface area (Å²) < 4.78 is 0. The Balaban J connectivity index is 1.88. The number of nitrogens with one attached hydrogen (secondary N) is 1. The summed E-state index contributed by atoms with van der Waals surface area (Å²) in [5.41, 5.74) is 7.22. The molecule has 6 atom stereocenters. The molecule has 1 unspecified atom stereocenters. The highest BCUT2D eigenvalue weighted by molar-refractivity contribution is 5.87. The summed E-state index contributed by atoms with van der Waals surface area (Å²) in [6.45, 7) is 1.51. The largest absolute Gasteiger partial charge is 0.477 e. The quantitative estimate of drug-likeness (QED) is 0.139. The molecule has 2 heterocycles. The van der Waals surface area contributed by atoms with E-state index in [1.54, 1.807) is 0 Å². The molecule has 2 rings (SSSR count). The Morgan fingerprint density at radius 1 is 1.10 bits per heavy atom. The van der Waals surface area contributed by atoms with Crippen molar-refractivity contribution in [3.05, 3.63) is 0 Å². The van der Waals surface area contributed by atoms with Crippen LogP contribution in [0.3, 0.4) is 0 Å². The van der Waals surface area contributed by atoms with Gasteiger partial charge in [-0.3, -0.25) is 0 Å². The van der Waals surface area contributed by atoms with Gasteiger partial charge in [-0.05, 0) is 19.3 Å². The molecule has 13 N–H and O–H groups in total. The van der Waals surface area contributed by atoms with Crippen LogP contribution >= 0.6 is 0 Å². The maximum absolute atomic E-state index is 10.9. The second-order valence-electron chi connectivity index (χ2n) is 8.21. The van der Waals surface area contributed by atoms with Crippen LogP contribution in [0.5, 0.6) is 0 Å². The van der Waals surface area contributed by atoms with E-state index >= 15 is 0 Å². The lowest BCUT2D eigenvalue weighted by Gasteiger charge is -2.25. The van der Waals surface area contributed by atoms with Gasteiger partial charge in [0.2, 0.25) is 6.29 Å². The number of β-amino-alcohol motifs (C(OH)–C–C–N with tert-alkyl or cyclic N) is 1. The molecular formula is C18H37N6O6+3. The molecular weight excluding hydrogens is 396 g/mol. The van der Waals surface area contributed by atoms with Gasteiger partial charge in [0.25, 0.3) is 0 Å². The van der Waals surface area contributed by atoms with Crippen molar-refractivity contribution in [2.75, 3.05) is 19.6 Å². The Bertz CT molecular complexity index is 620. The Hall–Kier alpha value is -1.83. The van der Waals surface area contributed by atoms with Crippen molar-refractivity contribution in [1.82, 2.24) is 10.2 Å². The number of hydrogen-bond acceptors (Lipinski definition) is 7. The molecule has 12 heteroatoms. The Morgan fingerprint density at radius 2 is 1.73 bits per heavy atom. The number of hydrogen-bond donors (Lipinski definition) is 8. The molecule has 0 saturated carbocycles. The normalized spacial score (nSPS) is 28.4. The number of carbonyl (C=O) groups is 2. The zero-order valence-corrected chi connectivity index (χ0v) is 17.3. The van der Waals surface area contributed by atoms with Gasteiger partial charge in [-0.25, -0.2) is 14.9 Å². The number of unbranched alkanes of at least 4 members (excludes halogenated alkanes) is 1. The summed E-state index contributed by atoms with van der Waals surface area (Å²) in [6.07, 6.45) is 1.57. The number of amidine groups is 1. The van der Waals surface area contributed by atoms with Gasteiger partial charge in [-0.1, -0.05) is 0 Å². The molecule has 0 bridgehead atoms. The zero-order chi connectivity index (χ0) is 22.3. The third-order valence-corrected chi connectivity index (χ3v) is 5.70. The van der Waals surface area contributed by atoms with Gasteiger partial charge >= 0.3 is 11.9 Å². The minimum absolute atomic E-state index is 0.0751. The first kappa shape index (κ1) is 24.4. The van der Waals surface area contributed by atoms with Crippen LogP contribution in [0.2, 0.25) is 0 Å². The zero-order valence-electron chi connectivity index (χ0n) is 17.3. The fourth-order valence-corrected chi connectivity index (χ4v) is 3.80. The van der Waals surface area contributed by atoms with E-state index in [-0.39, 0.29) is 18.9 Å². The standard InChI is InChI=1S/C18H34N6O6/c19-10(16(27)28)4-1-2-7-24-9-14(26)13(25)8-12-15(24)23-18(22-12)21-6-3-5-11(20)17(29)30/h10-14,18,21-22,25-26H,1-9,19-20H2,(H,27,28)(H,29,30)/p+3/t10-,11-,12+,13-,14+,18?/m0/s1. The van der Waals surface area contributed by atoms with Gasteiger partial charge in [-0.15, -0.1) is 0 Å². The van der Waals surface area contributed by atoms with E-state index in [1.807, 2.05) is 10.2 Å². The molecule has 0 amide bonds. The molecule has 0 spiro atoms. The summed E-state index contributed by atoms with van der Waals surface area (Å²) in [5, 5.41) is 43.6. The predicted molar refractivity (Wildman–Crippen MR) is 105 cm³/mol. The molecule has 2 aliphatic rings. The number of aliphatic hydroxyl groups is 2. The van der Waals surface area contributed by atoms with Crippen LogP contribution in [0.4, 0.5) is 0 Å². The predicted octanol–water partition coefficient (Wildman–Crippen LogP) is -5.03. The van der Waals surface area contributed by atoms with Crippen molar-refractivity contribution in [2.24, 2.45) is 4.99 Å². The highest BCUT2D eigenvalue weighted by Crippen LogP contribution is 2.17. The maximum Gasteiger partial charge on any atom is 0.362 e. The van der Waals surface area contributed by atoms with Crippen LogP contribution < -0.4 is 22.1 Å². The second-order valence-corrected chi connectivity index (χ2v) is 8.21. The van der Waals surface area contributed by atoms with Crippen LogP contribution in [0.15, 0.2) is 4.99 Å². The lowest BCUT2D eigenvalue weighted by molar-refractivity contribution is -0.704. The SMILES string of the molecule is [NH3+][C@@H](CCCCN1C[C@@H](O)[C@@H](O)C[C@H]2[NH2+]C(NCCC[C@H]([NH3+])C(=O)O)N=C21)C(=O)O. The van der Waals surface area contributed by atoms with E-state index < -0.39 is 36.2 Å². The third kappa shape index (κ3) is 7.15. The van der Waals surface area contributed by atoms with Crippen LogP contribution in [0.25, 0.3) is 0 Å². The maximum atomic E-state index is 10.9. The number of likely N-dealkylation sites (tertiary alicyclic amines) is 1. The molecule has 12 nitrogen and oxygen atoms in total. The molecule has 2 aliphatic heterocycles. The Labute approximate surface area is 175 Å².